The number of para-hydroxylation sites is 2. The van der Waals surface area contributed by atoms with Crippen molar-refractivity contribution in [1.82, 2.24) is 15.1 Å². The van der Waals surface area contributed by atoms with Crippen molar-refractivity contribution in [3.05, 3.63) is 113 Å². The highest BCUT2D eigenvalue weighted by atomic mass is 16.5. The second kappa shape index (κ2) is 25.8. The van der Waals surface area contributed by atoms with Gasteiger partial charge in [-0.1, -0.05) is 18.2 Å². The highest BCUT2D eigenvalue weighted by Crippen LogP contribution is 2.32. The molecule has 4 N–H and O–H groups in total. The van der Waals surface area contributed by atoms with Crippen LogP contribution in [0.1, 0.15) is 42.4 Å². The van der Waals surface area contributed by atoms with Gasteiger partial charge in [-0.15, -0.1) is 0 Å². The number of methoxy groups -OCH3 is 3. The molecule has 0 radical (unpaired) electrons. The van der Waals surface area contributed by atoms with Crippen LogP contribution in [0.5, 0.6) is 28.7 Å². The van der Waals surface area contributed by atoms with Gasteiger partial charge in [0.1, 0.15) is 42.0 Å². The lowest BCUT2D eigenvalue weighted by Gasteiger charge is -2.36. The number of nitrogens with two attached hydrogens (primary N) is 1. The minimum atomic E-state index is -0.948. The topological polar surface area (TPSA) is 175 Å². The number of nitriles is 1. The number of carbonyl (C=O) groups excluding carboxylic acids is 1. The molecule has 0 aliphatic carbocycles. The Morgan fingerprint density at radius 1 is 0.687 bits per heavy atom. The van der Waals surface area contributed by atoms with Crippen LogP contribution in [-0.4, -0.2) is 140 Å². The quantitative estimate of drug-likeness (QED) is 0.109. The fraction of sp³-hybridized carbons (Fsp3) is 0.404. The molecule has 0 unspecified atom stereocenters. The number of aliphatic carboxylic acids is 1. The summed E-state index contributed by atoms with van der Waals surface area (Å²) >= 11 is 0. The first-order valence-corrected chi connectivity index (χ1v) is 23.0. The summed E-state index contributed by atoms with van der Waals surface area (Å²) in [5.41, 5.74) is 11.1. The van der Waals surface area contributed by atoms with Gasteiger partial charge in [0.05, 0.1) is 49.8 Å². The van der Waals surface area contributed by atoms with E-state index in [4.69, 9.17) is 39.8 Å². The third-order valence-electron chi connectivity index (χ3n) is 12.1. The van der Waals surface area contributed by atoms with Gasteiger partial charge in [0.25, 0.3) is 5.91 Å². The van der Waals surface area contributed by atoms with Gasteiger partial charge in [-0.05, 0) is 112 Å². The van der Waals surface area contributed by atoms with Crippen molar-refractivity contribution in [2.24, 2.45) is 5.73 Å². The van der Waals surface area contributed by atoms with E-state index in [1.54, 1.807) is 45.6 Å². The predicted molar refractivity (Wildman–Crippen MR) is 263 cm³/mol. The molecule has 2 fully saturated rings. The summed E-state index contributed by atoms with van der Waals surface area (Å²) in [4.78, 5) is 33.0. The van der Waals surface area contributed by atoms with Crippen LogP contribution in [0, 0.1) is 11.3 Å². The number of anilines is 2. The molecule has 4 aromatic rings. The van der Waals surface area contributed by atoms with Gasteiger partial charge in [0.2, 0.25) is 0 Å². The van der Waals surface area contributed by atoms with Crippen molar-refractivity contribution in [3.8, 4) is 34.8 Å². The third kappa shape index (κ3) is 14.6. The Morgan fingerprint density at radius 2 is 1.27 bits per heavy atom. The fourth-order valence-electron chi connectivity index (χ4n) is 8.16. The number of carbonyl (C=O) groups is 2. The Bertz CT molecular complexity index is 2350. The van der Waals surface area contributed by atoms with E-state index in [9.17, 15) is 9.59 Å². The molecule has 15 nitrogen and oxygen atoms in total. The van der Waals surface area contributed by atoms with Gasteiger partial charge < -0.3 is 49.6 Å². The summed E-state index contributed by atoms with van der Waals surface area (Å²) in [5.74, 6) is 2.79. The molecule has 356 valence electrons. The minimum absolute atomic E-state index is 0.0651. The van der Waals surface area contributed by atoms with Crippen molar-refractivity contribution < 1.29 is 38.4 Å². The second-order valence-corrected chi connectivity index (χ2v) is 16.5. The zero-order chi connectivity index (χ0) is 47.4. The number of hydrogen-bond donors (Lipinski definition) is 3. The maximum atomic E-state index is 12.5. The number of rotatable bonds is 16. The molecule has 0 spiro atoms. The van der Waals surface area contributed by atoms with Crippen LogP contribution in [0.3, 0.4) is 0 Å². The zero-order valence-corrected chi connectivity index (χ0v) is 39.1. The molecular formula is C52H65N7O8. The first kappa shape index (κ1) is 49.7. The minimum Gasteiger partial charge on any atom is -0.497 e. The molecule has 4 aromatic carbocycles. The lowest BCUT2D eigenvalue weighted by atomic mass is 10.1. The second-order valence-electron chi connectivity index (χ2n) is 16.5. The van der Waals surface area contributed by atoms with Gasteiger partial charge in [0, 0.05) is 87.8 Å². The molecule has 0 saturated carbocycles. The Kier molecular flexibility index (Phi) is 19.2. The van der Waals surface area contributed by atoms with Crippen LogP contribution in [0.25, 0.3) is 12.2 Å². The summed E-state index contributed by atoms with van der Waals surface area (Å²) in [6.07, 6.45) is 7.83. The Hall–Kier alpha value is -6.73. The van der Waals surface area contributed by atoms with E-state index in [-0.39, 0.29) is 24.7 Å². The van der Waals surface area contributed by atoms with Crippen LogP contribution in [-0.2, 0) is 9.59 Å². The normalized spacial score (nSPS) is 15.4. The number of nitrogens with zero attached hydrogens (tertiary/aromatic N) is 5. The number of carboxylic acids is 1. The van der Waals surface area contributed by atoms with E-state index >= 15 is 0 Å². The summed E-state index contributed by atoms with van der Waals surface area (Å²) in [7, 11) is 4.93. The molecule has 1 amide bonds. The molecule has 4 heterocycles. The van der Waals surface area contributed by atoms with Crippen molar-refractivity contribution in [2.75, 3.05) is 123 Å². The summed E-state index contributed by atoms with van der Waals surface area (Å²) in [6.45, 7) is 12.4. The lowest BCUT2D eigenvalue weighted by molar-refractivity contribution is -0.133. The molecular weight excluding hydrogens is 851 g/mol. The van der Waals surface area contributed by atoms with Gasteiger partial charge in [0.15, 0.2) is 0 Å². The van der Waals surface area contributed by atoms with Gasteiger partial charge in [-0.2, -0.15) is 5.26 Å². The predicted octanol–water partition coefficient (Wildman–Crippen LogP) is 6.17. The van der Waals surface area contributed by atoms with Crippen LogP contribution < -0.4 is 44.5 Å². The summed E-state index contributed by atoms with van der Waals surface area (Å²) in [6, 6.07) is 29.2. The lowest BCUT2D eigenvalue weighted by Crippen LogP contribution is -2.46. The first-order chi connectivity index (χ1) is 32.7. The van der Waals surface area contributed by atoms with Crippen LogP contribution in [0.4, 0.5) is 11.4 Å². The number of fused-ring (bicyclic) bond motifs is 2. The third-order valence-corrected chi connectivity index (χ3v) is 12.1. The maximum absolute atomic E-state index is 12.5. The molecule has 15 heteroatoms. The SMILES string of the molecule is COc1ccc2c(c1)OCC(C(=O)NCCCCN1CCN(c3cccc(C#N)c3)CC1)=C2.COc1ccc2c(c1)OCC(C(=O)O)=C2.COc1ccccc1N1CCN(CCCCN)CC1. The average molecular weight is 916 g/mol. The maximum Gasteiger partial charge on any atom is 0.335 e. The average Bonchev–Trinajstić information content (AvgIpc) is 3.38. The number of amides is 1. The van der Waals surface area contributed by atoms with E-state index in [2.05, 4.69) is 49.2 Å². The van der Waals surface area contributed by atoms with E-state index in [1.165, 1.54) is 18.7 Å². The van der Waals surface area contributed by atoms with Crippen LogP contribution in [0.2, 0.25) is 0 Å². The largest absolute Gasteiger partial charge is 0.497 e. The molecule has 0 bridgehead atoms. The molecule has 0 aromatic heterocycles. The number of benzene rings is 4. The Balaban J connectivity index is 0.000000183. The van der Waals surface area contributed by atoms with Crippen LogP contribution >= 0.6 is 0 Å². The molecule has 8 rings (SSSR count). The highest BCUT2D eigenvalue weighted by molar-refractivity contribution is 5.99. The number of hydrogen-bond acceptors (Lipinski definition) is 13. The first-order valence-electron chi connectivity index (χ1n) is 23.0. The monoisotopic (exact) mass is 915 g/mol. The zero-order valence-electron chi connectivity index (χ0n) is 39.1. The molecule has 0 atom stereocenters. The van der Waals surface area contributed by atoms with Crippen LogP contribution in [0.15, 0.2) is 96.1 Å². The number of carboxylic acid groups (broad SMARTS) is 1. The van der Waals surface area contributed by atoms with E-state index in [0.717, 1.165) is 119 Å². The molecule has 4 aliphatic heterocycles. The summed E-state index contributed by atoms with van der Waals surface area (Å²) < 4.78 is 26.7. The molecule has 4 aliphatic rings. The van der Waals surface area contributed by atoms with Gasteiger partial charge >= 0.3 is 5.97 Å². The van der Waals surface area contributed by atoms with Crippen molar-refractivity contribution >= 4 is 35.4 Å². The van der Waals surface area contributed by atoms with E-state index < -0.39 is 5.97 Å². The molecule has 67 heavy (non-hydrogen) atoms. The van der Waals surface area contributed by atoms with E-state index in [1.807, 2.05) is 54.6 Å². The van der Waals surface area contributed by atoms with Crippen molar-refractivity contribution in [3.63, 3.8) is 0 Å². The standard InChI is InChI=1S/C26H30N4O3.C15H25N3O.C11H10O4/c1-32-24-8-7-21-16-22(19-33-25(21)17-24)26(31)28-9-2-3-10-29-11-13-30(14-12-29)23-6-4-5-20(15-23)18-27;1-19-15-7-3-2-6-14(15)18-12-10-17(11-13-18)9-5-4-8-16;1-14-9-3-2-7-4-8(11(12)13)6-15-10(7)5-9/h4-8,15-17H,2-3,9-14,19H2,1H3,(H,28,31);2-3,6-7H,4-5,8-13,16H2,1H3;2-5H,6H2,1H3,(H,12,13). The number of ether oxygens (including phenoxy) is 5. The van der Waals surface area contributed by atoms with Crippen molar-refractivity contribution in [2.45, 2.75) is 25.7 Å². The van der Waals surface area contributed by atoms with Gasteiger partial charge in [-0.25, -0.2) is 4.79 Å². The fourth-order valence-corrected chi connectivity index (χ4v) is 8.16. The van der Waals surface area contributed by atoms with Crippen molar-refractivity contribution in [1.29, 1.82) is 5.26 Å². The Labute approximate surface area is 394 Å². The molecule has 2 saturated heterocycles. The smallest absolute Gasteiger partial charge is 0.335 e. The highest BCUT2D eigenvalue weighted by Gasteiger charge is 2.21. The van der Waals surface area contributed by atoms with Gasteiger partial charge in [-0.3, -0.25) is 14.6 Å². The summed E-state index contributed by atoms with van der Waals surface area (Å²) in [5, 5.41) is 20.9. The number of nitrogens with one attached hydrogen (secondary N) is 1. The van der Waals surface area contributed by atoms with E-state index in [0.29, 0.717) is 29.2 Å². The number of unbranched alkanes of at least 4 members (excludes halogenated alkanes) is 2. The Morgan fingerprint density at radius 3 is 1.85 bits per heavy atom. The number of piperazine rings is 2.